The third kappa shape index (κ3) is 4.51. The summed E-state index contributed by atoms with van der Waals surface area (Å²) in [4.78, 5) is 11.9. The van der Waals surface area contributed by atoms with Crippen LogP contribution in [0, 0.1) is 5.92 Å². The van der Waals surface area contributed by atoms with Crippen molar-refractivity contribution < 1.29 is 9.53 Å². The molecule has 0 aromatic heterocycles. The van der Waals surface area contributed by atoms with Gasteiger partial charge in [-0.2, -0.15) is 0 Å². The molecule has 0 amide bonds. The number of carbonyl (C=O) groups excluding carboxylic acids is 1. The molecule has 0 spiro atoms. The predicted octanol–water partition coefficient (Wildman–Crippen LogP) is 2.48. The Labute approximate surface area is 122 Å². The van der Waals surface area contributed by atoms with Crippen molar-refractivity contribution >= 4 is 5.97 Å². The average Bonchev–Trinajstić information content (AvgIpc) is 3.18. The molecule has 0 radical (unpaired) electrons. The molecule has 2 rings (SSSR count). The lowest BCUT2D eigenvalue weighted by atomic mass is 9.88. The Morgan fingerprint density at radius 2 is 2.15 bits per heavy atom. The largest absolute Gasteiger partial charge is 0.467 e. The number of carbonyl (C=O) groups is 1. The van der Waals surface area contributed by atoms with E-state index >= 15 is 0 Å². The summed E-state index contributed by atoms with van der Waals surface area (Å²) in [5.41, 5.74) is 8.40. The predicted molar refractivity (Wildman–Crippen MR) is 80.1 cm³/mol. The molecule has 3 N–H and O–H groups in total. The smallest absolute Gasteiger partial charge is 0.328 e. The molecule has 2 aliphatic rings. The maximum absolute atomic E-state index is 11.9. The summed E-state index contributed by atoms with van der Waals surface area (Å²) in [5.74, 6) is 0.697. The van der Waals surface area contributed by atoms with Crippen LogP contribution in [-0.2, 0) is 9.53 Å². The van der Waals surface area contributed by atoms with Gasteiger partial charge in [-0.3, -0.25) is 0 Å². The number of unbranched alkanes of at least 4 members (excludes halogenated alkanes) is 1. The van der Waals surface area contributed by atoms with Gasteiger partial charge in [-0.1, -0.05) is 5.57 Å². The minimum Gasteiger partial charge on any atom is -0.467 e. The summed E-state index contributed by atoms with van der Waals surface area (Å²) < 4.78 is 4.94. The van der Waals surface area contributed by atoms with Gasteiger partial charge in [-0.05, 0) is 70.3 Å². The molecule has 1 unspecified atom stereocenters. The molecule has 2 aliphatic carbocycles. The van der Waals surface area contributed by atoms with Crippen LogP contribution < -0.4 is 11.1 Å². The first-order chi connectivity index (χ1) is 9.74. The molecule has 0 saturated heterocycles. The van der Waals surface area contributed by atoms with Crippen LogP contribution >= 0.6 is 0 Å². The fourth-order valence-electron chi connectivity index (χ4n) is 2.67. The van der Waals surface area contributed by atoms with Gasteiger partial charge >= 0.3 is 5.97 Å². The normalized spacial score (nSPS) is 19.2. The van der Waals surface area contributed by atoms with Crippen molar-refractivity contribution in [1.29, 1.82) is 0 Å². The van der Waals surface area contributed by atoms with Crippen LogP contribution in [0.2, 0.25) is 0 Å². The monoisotopic (exact) mass is 280 g/mol. The summed E-state index contributed by atoms with van der Waals surface area (Å²) in [6, 6.07) is -0.201. The van der Waals surface area contributed by atoms with Crippen LogP contribution in [0.1, 0.15) is 57.8 Å². The topological polar surface area (TPSA) is 64.3 Å². The van der Waals surface area contributed by atoms with Crippen molar-refractivity contribution in [3.63, 3.8) is 0 Å². The summed E-state index contributed by atoms with van der Waals surface area (Å²) >= 11 is 0. The molecule has 114 valence electrons. The molecule has 4 heteroatoms. The highest BCUT2D eigenvalue weighted by atomic mass is 16.5. The van der Waals surface area contributed by atoms with Crippen molar-refractivity contribution in [3.8, 4) is 0 Å². The zero-order chi connectivity index (χ0) is 14.4. The Morgan fingerprint density at radius 1 is 1.40 bits per heavy atom. The van der Waals surface area contributed by atoms with Crippen LogP contribution in [-0.4, -0.2) is 25.7 Å². The van der Waals surface area contributed by atoms with Crippen LogP contribution in [0.3, 0.4) is 0 Å². The van der Waals surface area contributed by atoms with Crippen LogP contribution in [0.4, 0.5) is 0 Å². The average molecular weight is 280 g/mol. The van der Waals surface area contributed by atoms with Gasteiger partial charge in [-0.25, -0.2) is 4.79 Å². The first-order valence-electron chi connectivity index (χ1n) is 8.00. The third-order valence-electron chi connectivity index (χ3n) is 4.35. The quantitative estimate of drug-likeness (QED) is 0.503. The van der Waals surface area contributed by atoms with Crippen molar-refractivity contribution in [2.24, 2.45) is 11.7 Å². The fourth-order valence-corrected chi connectivity index (χ4v) is 2.67. The second-order valence-corrected chi connectivity index (χ2v) is 6.09. The lowest BCUT2D eigenvalue weighted by Gasteiger charge is -2.27. The number of methoxy groups -OCH3 is 1. The molecule has 4 nitrogen and oxygen atoms in total. The van der Waals surface area contributed by atoms with E-state index in [1.165, 1.54) is 50.5 Å². The molecule has 0 aromatic carbocycles. The molecule has 2 saturated carbocycles. The van der Waals surface area contributed by atoms with Crippen molar-refractivity contribution in [2.45, 2.75) is 63.8 Å². The standard InChI is InChI=1S/C16H28N2O2/c1-20-16(19)14(7-2-3-10-17)18-15(11-12-8-9-12)13-5-4-6-13/h12,14,18H,2-11,17H2,1H3. The Hall–Kier alpha value is -1.03. The van der Waals surface area contributed by atoms with Crippen molar-refractivity contribution in [1.82, 2.24) is 5.32 Å². The summed E-state index contributed by atoms with van der Waals surface area (Å²) in [7, 11) is 1.47. The molecular formula is C16H28N2O2. The van der Waals surface area contributed by atoms with E-state index in [-0.39, 0.29) is 12.0 Å². The summed E-state index contributed by atoms with van der Waals surface area (Å²) in [6.07, 6.45) is 10.2. The molecule has 0 aliphatic heterocycles. The van der Waals surface area contributed by atoms with Crippen molar-refractivity contribution in [3.05, 3.63) is 11.3 Å². The molecule has 0 aromatic rings. The Kier molecular flexibility index (Phi) is 5.89. The van der Waals surface area contributed by atoms with E-state index in [9.17, 15) is 4.79 Å². The van der Waals surface area contributed by atoms with E-state index in [2.05, 4.69) is 5.32 Å². The van der Waals surface area contributed by atoms with Crippen LogP contribution in [0.15, 0.2) is 11.3 Å². The first-order valence-corrected chi connectivity index (χ1v) is 8.00. The Bertz CT molecular complexity index is 355. The minimum absolute atomic E-state index is 0.143. The van der Waals surface area contributed by atoms with E-state index in [0.29, 0.717) is 6.54 Å². The number of nitrogens with two attached hydrogens (primary N) is 1. The first kappa shape index (κ1) is 15.4. The maximum Gasteiger partial charge on any atom is 0.328 e. The molecule has 20 heavy (non-hydrogen) atoms. The zero-order valence-corrected chi connectivity index (χ0v) is 12.6. The maximum atomic E-state index is 11.9. The van der Waals surface area contributed by atoms with Gasteiger partial charge in [0.05, 0.1) is 7.11 Å². The summed E-state index contributed by atoms with van der Waals surface area (Å²) in [5, 5.41) is 3.50. The van der Waals surface area contributed by atoms with E-state index in [0.717, 1.165) is 31.6 Å². The number of hydrogen-bond donors (Lipinski definition) is 2. The van der Waals surface area contributed by atoms with Gasteiger partial charge < -0.3 is 15.8 Å². The third-order valence-corrected chi connectivity index (χ3v) is 4.35. The Balaban J connectivity index is 1.93. The fraction of sp³-hybridized carbons (Fsp3) is 0.812. The zero-order valence-electron chi connectivity index (χ0n) is 12.6. The molecule has 0 heterocycles. The molecular weight excluding hydrogens is 252 g/mol. The number of rotatable bonds is 9. The lowest BCUT2D eigenvalue weighted by molar-refractivity contribution is -0.143. The van der Waals surface area contributed by atoms with E-state index < -0.39 is 0 Å². The second kappa shape index (κ2) is 7.67. The minimum atomic E-state index is -0.201. The molecule has 0 bridgehead atoms. The highest BCUT2D eigenvalue weighted by Gasteiger charge is 2.28. The van der Waals surface area contributed by atoms with Gasteiger partial charge in [0, 0.05) is 5.70 Å². The summed E-state index contributed by atoms with van der Waals surface area (Å²) in [6.45, 7) is 0.684. The van der Waals surface area contributed by atoms with E-state index in [1.807, 2.05) is 0 Å². The number of ether oxygens (including phenoxy) is 1. The highest BCUT2D eigenvalue weighted by Crippen LogP contribution is 2.38. The van der Waals surface area contributed by atoms with E-state index in [4.69, 9.17) is 10.5 Å². The number of allylic oxidation sites excluding steroid dienone is 2. The molecule has 2 fully saturated rings. The SMILES string of the molecule is COC(=O)C(CCCCN)NC(CC1CC1)=C1CCC1. The number of esters is 1. The van der Waals surface area contributed by atoms with Gasteiger partial charge in [0.2, 0.25) is 0 Å². The number of hydrogen-bond acceptors (Lipinski definition) is 4. The van der Waals surface area contributed by atoms with Gasteiger partial charge in [0.15, 0.2) is 0 Å². The van der Waals surface area contributed by atoms with Crippen LogP contribution in [0.5, 0.6) is 0 Å². The van der Waals surface area contributed by atoms with Gasteiger partial charge in [0.25, 0.3) is 0 Å². The van der Waals surface area contributed by atoms with E-state index in [1.54, 1.807) is 0 Å². The van der Waals surface area contributed by atoms with Crippen LogP contribution in [0.25, 0.3) is 0 Å². The number of nitrogens with one attached hydrogen (secondary N) is 1. The highest BCUT2D eigenvalue weighted by molar-refractivity contribution is 5.75. The Morgan fingerprint density at radius 3 is 2.65 bits per heavy atom. The lowest BCUT2D eigenvalue weighted by Crippen LogP contribution is -2.38. The van der Waals surface area contributed by atoms with Crippen molar-refractivity contribution in [2.75, 3.05) is 13.7 Å². The molecule has 1 atom stereocenters. The van der Waals surface area contributed by atoms with Gasteiger partial charge in [0.1, 0.15) is 6.04 Å². The second-order valence-electron chi connectivity index (χ2n) is 6.09. The van der Waals surface area contributed by atoms with Gasteiger partial charge in [-0.15, -0.1) is 0 Å².